The van der Waals surface area contributed by atoms with Crippen molar-refractivity contribution in [3.63, 3.8) is 0 Å². The second-order valence-electron chi connectivity index (χ2n) is 11.3. The number of ether oxygens (including phenoxy) is 3. The SMILES string of the molecule is CCC(CC)COC(=O)CNP(=O)(NCC(=O)OCC(CC)CC)OC1[C@@]2(C#N)O[C@@H](c3ccc4c(N)ncnn34)[C@H](O)[C@@]12O. The summed E-state index contributed by atoms with van der Waals surface area (Å²) in [7, 11) is -4.39. The number of nitrogen functional groups attached to an aromatic ring is 1. The number of hydrogen-bond donors (Lipinski definition) is 5. The zero-order chi connectivity index (χ0) is 33.0. The van der Waals surface area contributed by atoms with Crippen molar-refractivity contribution in [1.82, 2.24) is 24.8 Å². The van der Waals surface area contributed by atoms with E-state index in [4.69, 9.17) is 24.5 Å². The molecule has 1 aliphatic heterocycles. The molecule has 0 bridgehead atoms. The molecule has 1 aliphatic carbocycles. The number of nitriles is 1. The molecule has 1 saturated heterocycles. The number of esters is 2. The summed E-state index contributed by atoms with van der Waals surface area (Å²) in [4.78, 5) is 28.9. The van der Waals surface area contributed by atoms with Gasteiger partial charge in [0.2, 0.25) is 5.60 Å². The van der Waals surface area contributed by atoms with Crippen molar-refractivity contribution in [2.45, 2.75) is 82.9 Å². The Morgan fingerprint density at radius 2 is 1.67 bits per heavy atom. The molecule has 6 N–H and O–H groups in total. The monoisotopic (exact) mass is 651 g/mol. The zero-order valence-electron chi connectivity index (χ0n) is 25.8. The largest absolute Gasteiger partial charge is 0.464 e. The van der Waals surface area contributed by atoms with Crippen molar-refractivity contribution in [1.29, 1.82) is 5.26 Å². The summed E-state index contributed by atoms with van der Waals surface area (Å²) in [5.74, 6) is -0.984. The molecular formula is C28H42N7O9P. The molecule has 1 saturated carbocycles. The van der Waals surface area contributed by atoms with Crippen LogP contribution in [0.5, 0.6) is 0 Å². The number of aromatic nitrogens is 3. The standard InChI is InChI=1S/C28H42N7O9P/c1-5-17(6-2)13-41-21(36)11-33-45(40,34-12-22(37)42-14-18(7-3)8-4)44-26-27(15-29)28(26,39)24(38)23(43-27)19-9-10-20-25(30)31-16-32-35(19)20/h9-10,16-18,23-24,26,38-39H,5-8,11-14H2,1-4H3,(H2,30,31,32)(H2,33,34,40)/t23-,24-,26?,27+,28+/m0/s1. The Morgan fingerprint density at radius 3 is 2.16 bits per heavy atom. The van der Waals surface area contributed by atoms with Crippen LogP contribution in [0.1, 0.15) is 65.2 Å². The molecular weight excluding hydrogens is 609 g/mol. The molecule has 1 unspecified atom stereocenters. The molecule has 2 aromatic heterocycles. The molecule has 0 radical (unpaired) electrons. The second-order valence-corrected chi connectivity index (χ2v) is 13.2. The van der Waals surface area contributed by atoms with Crippen molar-refractivity contribution in [3.05, 3.63) is 24.2 Å². The van der Waals surface area contributed by atoms with Gasteiger partial charge in [-0.25, -0.2) is 19.7 Å². The number of fused-ring (bicyclic) bond motifs is 2. The Labute approximate surface area is 261 Å². The van der Waals surface area contributed by atoms with Crippen LogP contribution < -0.4 is 15.9 Å². The van der Waals surface area contributed by atoms with Crippen LogP contribution in [0.2, 0.25) is 0 Å². The fraction of sp³-hybridized carbons (Fsp3) is 0.679. The van der Waals surface area contributed by atoms with Gasteiger partial charge in [0.15, 0.2) is 11.4 Å². The van der Waals surface area contributed by atoms with E-state index < -0.39 is 62.2 Å². The molecule has 2 fully saturated rings. The van der Waals surface area contributed by atoms with E-state index in [-0.39, 0.29) is 36.6 Å². The first-order chi connectivity index (χ1) is 21.4. The van der Waals surface area contributed by atoms with Crippen molar-refractivity contribution in [2.75, 3.05) is 32.0 Å². The quantitative estimate of drug-likeness (QED) is 0.120. The van der Waals surface area contributed by atoms with Gasteiger partial charge in [-0.05, 0) is 24.0 Å². The van der Waals surface area contributed by atoms with Gasteiger partial charge in [0.1, 0.15) is 49.3 Å². The Morgan fingerprint density at radius 1 is 1.11 bits per heavy atom. The number of nitrogens with zero attached hydrogens (tertiary/aromatic N) is 4. The van der Waals surface area contributed by atoms with Gasteiger partial charge in [0, 0.05) is 0 Å². The van der Waals surface area contributed by atoms with Crippen LogP contribution in [0.25, 0.3) is 5.52 Å². The van der Waals surface area contributed by atoms with E-state index >= 15 is 0 Å². The van der Waals surface area contributed by atoms with E-state index in [9.17, 15) is 29.6 Å². The number of aliphatic hydroxyl groups is 2. The Kier molecular flexibility index (Phi) is 10.9. The minimum atomic E-state index is -4.39. The summed E-state index contributed by atoms with van der Waals surface area (Å²) in [6.45, 7) is 7.06. The summed E-state index contributed by atoms with van der Waals surface area (Å²) in [5, 5.41) is 41.9. The predicted octanol–water partition coefficient (Wildman–Crippen LogP) is 1.38. The maximum atomic E-state index is 14.0. The van der Waals surface area contributed by atoms with Crippen LogP contribution in [0, 0.1) is 23.2 Å². The van der Waals surface area contributed by atoms with Crippen LogP contribution in [-0.4, -0.2) is 86.5 Å². The van der Waals surface area contributed by atoms with E-state index in [0.717, 1.165) is 25.7 Å². The van der Waals surface area contributed by atoms with E-state index in [1.807, 2.05) is 33.8 Å². The van der Waals surface area contributed by atoms with Gasteiger partial charge in [0.05, 0.1) is 18.9 Å². The highest BCUT2D eigenvalue weighted by molar-refractivity contribution is 7.54. The van der Waals surface area contributed by atoms with Crippen LogP contribution in [0.15, 0.2) is 18.5 Å². The molecule has 248 valence electrons. The molecule has 2 aliphatic rings. The normalized spacial score (nSPS) is 25.8. The molecule has 17 heteroatoms. The summed E-state index contributed by atoms with van der Waals surface area (Å²) in [6.07, 6.45) is -0.201. The number of nitrogens with one attached hydrogen (secondary N) is 2. The summed E-state index contributed by atoms with van der Waals surface area (Å²) < 4.78 is 37.5. The lowest BCUT2D eigenvalue weighted by molar-refractivity contribution is -0.144. The van der Waals surface area contributed by atoms with Crippen LogP contribution in [0.4, 0.5) is 5.82 Å². The van der Waals surface area contributed by atoms with Gasteiger partial charge in [-0.15, -0.1) is 0 Å². The third kappa shape index (κ3) is 6.71. The number of aliphatic hydroxyl groups excluding tert-OH is 1. The van der Waals surface area contributed by atoms with E-state index in [1.54, 1.807) is 12.1 Å². The molecule has 4 rings (SSSR count). The lowest BCUT2D eigenvalue weighted by atomic mass is 10.0. The minimum Gasteiger partial charge on any atom is -0.464 e. The molecule has 0 spiro atoms. The number of rotatable bonds is 17. The van der Waals surface area contributed by atoms with Gasteiger partial charge in [-0.3, -0.25) is 18.7 Å². The summed E-state index contributed by atoms with van der Waals surface area (Å²) in [6, 6.07) is 4.99. The highest BCUT2D eigenvalue weighted by Crippen LogP contribution is 2.67. The van der Waals surface area contributed by atoms with Gasteiger partial charge < -0.3 is 30.2 Å². The number of hydrogen-bond acceptors (Lipinski definition) is 13. The molecule has 0 aromatic carbocycles. The topological polar surface area (TPSA) is 233 Å². The van der Waals surface area contributed by atoms with Crippen molar-refractivity contribution in [2.24, 2.45) is 11.8 Å². The predicted molar refractivity (Wildman–Crippen MR) is 159 cm³/mol. The molecule has 5 atom stereocenters. The average Bonchev–Trinajstić information content (AvgIpc) is 3.28. The van der Waals surface area contributed by atoms with Crippen molar-refractivity contribution >= 4 is 30.9 Å². The van der Waals surface area contributed by atoms with Gasteiger partial charge in [-0.2, -0.15) is 10.4 Å². The molecule has 45 heavy (non-hydrogen) atoms. The lowest BCUT2D eigenvalue weighted by Crippen LogP contribution is -2.38. The minimum absolute atomic E-state index is 0.155. The smallest absolute Gasteiger partial charge is 0.342 e. The third-order valence-electron chi connectivity index (χ3n) is 8.69. The highest BCUT2D eigenvalue weighted by atomic mass is 31.2. The number of carbonyl (C=O) groups excluding carboxylic acids is 2. The van der Waals surface area contributed by atoms with Crippen LogP contribution in [-0.2, 0) is 32.9 Å². The lowest BCUT2D eigenvalue weighted by Gasteiger charge is -2.25. The van der Waals surface area contributed by atoms with E-state index in [2.05, 4.69) is 20.3 Å². The molecule has 2 aromatic rings. The number of anilines is 1. The summed E-state index contributed by atoms with van der Waals surface area (Å²) in [5.41, 5.74) is 2.11. The first kappa shape index (κ1) is 34.7. The molecule has 0 amide bonds. The molecule has 16 nitrogen and oxygen atoms in total. The highest BCUT2D eigenvalue weighted by Gasteiger charge is 2.90. The first-order valence-corrected chi connectivity index (χ1v) is 16.7. The zero-order valence-corrected chi connectivity index (χ0v) is 26.7. The third-order valence-corrected chi connectivity index (χ3v) is 10.3. The molecule has 3 heterocycles. The first-order valence-electron chi connectivity index (χ1n) is 15.1. The van der Waals surface area contributed by atoms with Crippen molar-refractivity contribution in [3.8, 4) is 6.07 Å². The second kappa shape index (κ2) is 14.1. The number of carbonyl (C=O) groups is 2. The van der Waals surface area contributed by atoms with Gasteiger partial charge in [-0.1, -0.05) is 53.4 Å². The van der Waals surface area contributed by atoms with Crippen LogP contribution in [0.3, 0.4) is 0 Å². The Bertz CT molecular complexity index is 1420. The maximum absolute atomic E-state index is 14.0. The van der Waals surface area contributed by atoms with Crippen molar-refractivity contribution < 1.29 is 43.1 Å². The maximum Gasteiger partial charge on any atom is 0.342 e. The van der Waals surface area contributed by atoms with E-state index in [1.165, 1.54) is 10.8 Å². The average molecular weight is 652 g/mol. The fourth-order valence-electron chi connectivity index (χ4n) is 5.38. The Hall–Kier alpha value is -3.16. The Balaban J connectivity index is 1.50. The summed E-state index contributed by atoms with van der Waals surface area (Å²) >= 11 is 0. The van der Waals surface area contributed by atoms with E-state index in [0.29, 0.717) is 5.52 Å². The fourth-order valence-corrected chi connectivity index (χ4v) is 6.92. The van der Waals surface area contributed by atoms with Gasteiger partial charge in [0.25, 0.3) is 0 Å². The van der Waals surface area contributed by atoms with Crippen LogP contribution >= 0.6 is 7.67 Å². The number of nitrogens with two attached hydrogens (primary N) is 1. The van der Waals surface area contributed by atoms with Gasteiger partial charge >= 0.3 is 19.6 Å².